The van der Waals surface area contributed by atoms with Crippen LogP contribution in [0.5, 0.6) is 0 Å². The van der Waals surface area contributed by atoms with Crippen molar-refractivity contribution in [1.29, 1.82) is 0 Å². The van der Waals surface area contributed by atoms with E-state index in [0.717, 1.165) is 42.1 Å². The van der Waals surface area contributed by atoms with Crippen LogP contribution in [-0.2, 0) is 11.2 Å². The molecule has 2 aromatic rings. The van der Waals surface area contributed by atoms with Gasteiger partial charge >= 0.3 is 0 Å². The molecule has 0 aliphatic carbocycles. The Morgan fingerprint density at radius 3 is 2.96 bits per heavy atom. The molecule has 0 unspecified atom stereocenters. The summed E-state index contributed by atoms with van der Waals surface area (Å²) in [6.45, 7) is -0.286. The lowest BCUT2D eigenvalue weighted by Gasteiger charge is -2.35. The lowest BCUT2D eigenvalue weighted by Crippen LogP contribution is -2.46. The van der Waals surface area contributed by atoms with Crippen LogP contribution in [0, 0.1) is 5.82 Å². The number of ether oxygens (including phenoxy) is 1. The van der Waals surface area contributed by atoms with Crippen molar-refractivity contribution in [3.05, 3.63) is 41.8 Å². The van der Waals surface area contributed by atoms with Gasteiger partial charge in [-0.15, -0.1) is 0 Å². The number of aryl methyl sites for hydroxylation is 1. The number of aliphatic hydroxyl groups excluding tert-OH is 2. The monoisotopic (exact) mass is 348 g/mol. The standard InChI is InChI=1S/C19H25FN2O3/c20-13-2-6-18-16(9-13)12(7-8-22-18)1-3-15-4-5-17(21)19(25-15)10-14(24)11-23/h2,6-9,14-15,17,19,23-24H,1,3-5,10-11,21H2/t14-,15+,17+,19+/m0/s1. The summed E-state index contributed by atoms with van der Waals surface area (Å²) in [5.41, 5.74) is 7.91. The van der Waals surface area contributed by atoms with Crippen molar-refractivity contribution in [3.63, 3.8) is 0 Å². The van der Waals surface area contributed by atoms with Crippen molar-refractivity contribution in [3.8, 4) is 0 Å². The smallest absolute Gasteiger partial charge is 0.123 e. The van der Waals surface area contributed by atoms with Crippen molar-refractivity contribution >= 4 is 10.9 Å². The molecule has 1 aliphatic rings. The quantitative estimate of drug-likeness (QED) is 0.742. The molecule has 4 N–H and O–H groups in total. The Kier molecular flexibility index (Phi) is 5.96. The second-order valence-electron chi connectivity index (χ2n) is 6.78. The highest BCUT2D eigenvalue weighted by Gasteiger charge is 2.30. The fraction of sp³-hybridized carbons (Fsp3) is 0.526. The molecule has 4 atom stereocenters. The van der Waals surface area contributed by atoms with Gasteiger partial charge in [-0.05, 0) is 55.5 Å². The van der Waals surface area contributed by atoms with Gasteiger partial charge < -0.3 is 20.7 Å². The van der Waals surface area contributed by atoms with E-state index in [0.29, 0.717) is 6.42 Å². The lowest BCUT2D eigenvalue weighted by molar-refractivity contribution is -0.0855. The van der Waals surface area contributed by atoms with Gasteiger partial charge in [0.05, 0.1) is 30.4 Å². The summed E-state index contributed by atoms with van der Waals surface area (Å²) in [7, 11) is 0. The summed E-state index contributed by atoms with van der Waals surface area (Å²) < 4.78 is 19.6. The minimum Gasteiger partial charge on any atom is -0.394 e. The average molecular weight is 348 g/mol. The van der Waals surface area contributed by atoms with E-state index < -0.39 is 6.10 Å². The van der Waals surface area contributed by atoms with Crippen molar-refractivity contribution in [2.75, 3.05) is 6.61 Å². The highest BCUT2D eigenvalue weighted by molar-refractivity contribution is 5.81. The molecule has 5 nitrogen and oxygen atoms in total. The molecule has 0 spiro atoms. The molecule has 0 bridgehead atoms. The Hall–Kier alpha value is -1.60. The van der Waals surface area contributed by atoms with Gasteiger partial charge in [-0.3, -0.25) is 4.98 Å². The van der Waals surface area contributed by atoms with Crippen LogP contribution < -0.4 is 5.73 Å². The molecular formula is C19H25FN2O3. The van der Waals surface area contributed by atoms with Crippen LogP contribution in [-0.4, -0.2) is 46.2 Å². The van der Waals surface area contributed by atoms with E-state index in [4.69, 9.17) is 15.6 Å². The van der Waals surface area contributed by atoms with Crippen LogP contribution in [0.2, 0.25) is 0 Å². The Balaban J connectivity index is 1.64. The Morgan fingerprint density at radius 1 is 1.32 bits per heavy atom. The number of benzene rings is 1. The van der Waals surface area contributed by atoms with E-state index in [2.05, 4.69) is 4.98 Å². The van der Waals surface area contributed by atoms with Crippen LogP contribution in [0.15, 0.2) is 30.5 Å². The first-order chi connectivity index (χ1) is 12.1. The molecule has 0 radical (unpaired) electrons. The molecule has 1 aromatic heterocycles. The molecule has 136 valence electrons. The van der Waals surface area contributed by atoms with E-state index in [9.17, 15) is 9.50 Å². The number of hydrogen-bond acceptors (Lipinski definition) is 5. The van der Waals surface area contributed by atoms with Crippen LogP contribution in [0.1, 0.15) is 31.2 Å². The van der Waals surface area contributed by atoms with Gasteiger partial charge in [0.25, 0.3) is 0 Å². The Bertz CT molecular complexity index is 712. The number of aliphatic hydroxyl groups is 2. The fourth-order valence-corrected chi connectivity index (χ4v) is 3.48. The van der Waals surface area contributed by atoms with Gasteiger partial charge in [0.15, 0.2) is 0 Å². The predicted molar refractivity (Wildman–Crippen MR) is 93.6 cm³/mol. The van der Waals surface area contributed by atoms with Crippen molar-refractivity contribution in [2.24, 2.45) is 5.73 Å². The number of pyridine rings is 1. The molecule has 6 heteroatoms. The molecular weight excluding hydrogens is 323 g/mol. The zero-order valence-corrected chi connectivity index (χ0v) is 14.1. The van der Waals surface area contributed by atoms with Crippen molar-refractivity contribution in [1.82, 2.24) is 4.98 Å². The minimum absolute atomic E-state index is 0.0486. The topological polar surface area (TPSA) is 88.6 Å². The lowest BCUT2D eigenvalue weighted by atomic mass is 9.92. The number of nitrogens with zero attached hydrogens (tertiary/aromatic N) is 1. The van der Waals surface area contributed by atoms with Crippen LogP contribution in [0.4, 0.5) is 4.39 Å². The number of hydrogen-bond donors (Lipinski definition) is 3. The third-order valence-electron chi connectivity index (χ3n) is 4.91. The third kappa shape index (κ3) is 4.52. The summed E-state index contributed by atoms with van der Waals surface area (Å²) >= 11 is 0. The first-order valence-electron chi connectivity index (χ1n) is 8.80. The fourth-order valence-electron chi connectivity index (χ4n) is 3.48. The number of nitrogens with two attached hydrogens (primary N) is 1. The molecule has 0 amide bonds. The van der Waals surface area contributed by atoms with E-state index in [1.165, 1.54) is 12.1 Å². The van der Waals surface area contributed by atoms with Gasteiger partial charge in [0.2, 0.25) is 0 Å². The van der Waals surface area contributed by atoms with E-state index in [1.807, 2.05) is 6.07 Å². The van der Waals surface area contributed by atoms with Crippen molar-refractivity contribution < 1.29 is 19.3 Å². The average Bonchev–Trinajstić information content (AvgIpc) is 2.62. The number of fused-ring (bicyclic) bond motifs is 1. The Morgan fingerprint density at radius 2 is 2.16 bits per heavy atom. The zero-order valence-electron chi connectivity index (χ0n) is 14.1. The maximum Gasteiger partial charge on any atom is 0.123 e. The molecule has 2 heterocycles. The highest BCUT2D eigenvalue weighted by atomic mass is 19.1. The Labute approximate surface area is 146 Å². The SMILES string of the molecule is N[C@@H]1CC[C@@H](CCc2ccnc3ccc(F)cc23)O[C@@H]1C[C@H](O)CO. The molecule has 1 fully saturated rings. The summed E-state index contributed by atoms with van der Waals surface area (Å²) in [6.07, 6.45) is 4.35. The number of rotatable bonds is 6. The predicted octanol–water partition coefficient (Wildman–Crippen LogP) is 1.92. The van der Waals surface area contributed by atoms with Gasteiger partial charge in [0, 0.05) is 24.0 Å². The first-order valence-corrected chi connectivity index (χ1v) is 8.80. The van der Waals surface area contributed by atoms with Crippen LogP contribution in [0.3, 0.4) is 0 Å². The number of aromatic nitrogens is 1. The van der Waals surface area contributed by atoms with E-state index in [-0.39, 0.29) is 30.7 Å². The van der Waals surface area contributed by atoms with Crippen LogP contribution in [0.25, 0.3) is 10.9 Å². The first kappa shape index (κ1) is 18.2. The maximum atomic E-state index is 13.6. The molecule has 1 saturated heterocycles. The third-order valence-corrected chi connectivity index (χ3v) is 4.91. The van der Waals surface area contributed by atoms with Crippen LogP contribution >= 0.6 is 0 Å². The summed E-state index contributed by atoms with van der Waals surface area (Å²) in [4.78, 5) is 4.28. The van der Waals surface area contributed by atoms with E-state index >= 15 is 0 Å². The van der Waals surface area contributed by atoms with E-state index in [1.54, 1.807) is 12.3 Å². The molecule has 0 saturated carbocycles. The summed E-state index contributed by atoms with van der Waals surface area (Å²) in [5.74, 6) is -0.264. The summed E-state index contributed by atoms with van der Waals surface area (Å²) in [6, 6.07) is 6.44. The molecule has 1 aliphatic heterocycles. The maximum absolute atomic E-state index is 13.6. The second-order valence-corrected chi connectivity index (χ2v) is 6.78. The van der Waals surface area contributed by atoms with Gasteiger partial charge in [0.1, 0.15) is 5.82 Å². The van der Waals surface area contributed by atoms with Crippen molar-refractivity contribution in [2.45, 2.75) is 56.5 Å². The molecule has 3 rings (SSSR count). The van der Waals surface area contributed by atoms with Gasteiger partial charge in [-0.1, -0.05) is 0 Å². The minimum atomic E-state index is -0.804. The highest BCUT2D eigenvalue weighted by Crippen LogP contribution is 2.26. The largest absolute Gasteiger partial charge is 0.394 e. The number of halogens is 1. The van der Waals surface area contributed by atoms with Gasteiger partial charge in [-0.2, -0.15) is 0 Å². The zero-order chi connectivity index (χ0) is 17.8. The summed E-state index contributed by atoms with van der Waals surface area (Å²) in [5, 5.41) is 19.5. The molecule has 1 aromatic carbocycles. The second kappa shape index (κ2) is 8.19. The normalized spacial score (nSPS) is 25.2. The molecule has 25 heavy (non-hydrogen) atoms. The van der Waals surface area contributed by atoms with Gasteiger partial charge in [-0.25, -0.2) is 4.39 Å².